The number of nitrogens with two attached hydrogens (primary N) is 1. The molecule has 0 unspecified atom stereocenters. The predicted octanol–water partition coefficient (Wildman–Crippen LogP) is 2.29. The van der Waals surface area contributed by atoms with Crippen LogP contribution in [0.3, 0.4) is 0 Å². The Morgan fingerprint density at radius 1 is 1.38 bits per heavy atom. The number of nitrogens with zero attached hydrogens (tertiary/aromatic N) is 1. The summed E-state index contributed by atoms with van der Waals surface area (Å²) in [6.45, 7) is 2.19. The summed E-state index contributed by atoms with van der Waals surface area (Å²) < 4.78 is 0.899. The number of anilines is 1. The second-order valence-electron chi connectivity index (χ2n) is 3.68. The minimum absolute atomic E-state index is 0.104. The van der Waals surface area contributed by atoms with Crippen molar-refractivity contribution >= 4 is 39.2 Å². The molecule has 1 aromatic carbocycles. The minimum Gasteiger partial charge on any atom is -0.384 e. The molecule has 0 atom stereocenters. The van der Waals surface area contributed by atoms with Crippen LogP contribution in [0.1, 0.15) is 5.56 Å². The molecule has 1 saturated heterocycles. The van der Waals surface area contributed by atoms with Crippen LogP contribution in [-0.4, -0.2) is 30.4 Å². The third-order valence-corrected chi connectivity index (χ3v) is 4.22. The zero-order chi connectivity index (χ0) is 11.5. The van der Waals surface area contributed by atoms with E-state index in [0.717, 1.165) is 23.1 Å². The highest BCUT2D eigenvalue weighted by atomic mass is 79.9. The van der Waals surface area contributed by atoms with E-state index in [2.05, 4.69) is 20.8 Å². The molecule has 86 valence electrons. The third kappa shape index (κ3) is 2.52. The third-order valence-electron chi connectivity index (χ3n) is 2.62. The number of benzene rings is 1. The summed E-state index contributed by atoms with van der Waals surface area (Å²) in [5.74, 6) is 2.48. The lowest BCUT2D eigenvalue weighted by atomic mass is 10.2. The smallest absolute Gasteiger partial charge is 0.123 e. The molecule has 0 spiro atoms. The van der Waals surface area contributed by atoms with E-state index >= 15 is 0 Å². The molecule has 1 fully saturated rings. The summed E-state index contributed by atoms with van der Waals surface area (Å²) in [6, 6.07) is 5.99. The maximum absolute atomic E-state index is 7.42. The zero-order valence-electron chi connectivity index (χ0n) is 8.87. The Morgan fingerprint density at radius 2 is 2.06 bits per heavy atom. The van der Waals surface area contributed by atoms with E-state index in [4.69, 9.17) is 11.1 Å². The van der Waals surface area contributed by atoms with Gasteiger partial charge in [0.15, 0.2) is 0 Å². The lowest BCUT2D eigenvalue weighted by Crippen LogP contribution is -2.32. The summed E-state index contributed by atoms with van der Waals surface area (Å²) in [5, 5.41) is 7.42. The summed E-state index contributed by atoms with van der Waals surface area (Å²) in [7, 11) is 0. The second kappa shape index (κ2) is 5.10. The van der Waals surface area contributed by atoms with Crippen molar-refractivity contribution in [3.63, 3.8) is 0 Å². The first-order chi connectivity index (χ1) is 7.68. The Balaban J connectivity index is 2.23. The van der Waals surface area contributed by atoms with Crippen LogP contribution < -0.4 is 10.6 Å². The van der Waals surface area contributed by atoms with Crippen LogP contribution in [0.2, 0.25) is 0 Å². The molecule has 0 amide bonds. The van der Waals surface area contributed by atoms with Gasteiger partial charge in [-0.3, -0.25) is 5.41 Å². The molecular weight excluding hydrogens is 286 g/mol. The van der Waals surface area contributed by atoms with Crippen LogP contribution in [-0.2, 0) is 0 Å². The topological polar surface area (TPSA) is 53.1 Å². The van der Waals surface area contributed by atoms with Crippen LogP contribution >= 0.6 is 27.7 Å². The Bertz CT molecular complexity index is 402. The molecule has 0 saturated carbocycles. The van der Waals surface area contributed by atoms with Gasteiger partial charge in [0.2, 0.25) is 0 Å². The van der Waals surface area contributed by atoms with Crippen molar-refractivity contribution in [3.05, 3.63) is 28.2 Å². The molecule has 1 aliphatic heterocycles. The average molecular weight is 300 g/mol. The lowest BCUT2D eigenvalue weighted by Gasteiger charge is -2.28. The Hall–Kier alpha value is -0.680. The highest BCUT2D eigenvalue weighted by molar-refractivity contribution is 9.10. The number of hydrogen-bond donors (Lipinski definition) is 2. The minimum atomic E-state index is 0.104. The molecular formula is C11H14BrN3S. The normalized spacial score (nSPS) is 16.2. The van der Waals surface area contributed by atoms with Crippen molar-refractivity contribution in [2.75, 3.05) is 29.5 Å². The molecule has 3 N–H and O–H groups in total. The van der Waals surface area contributed by atoms with Crippen molar-refractivity contribution in [2.45, 2.75) is 0 Å². The lowest BCUT2D eigenvalue weighted by molar-refractivity contribution is 0.858. The van der Waals surface area contributed by atoms with E-state index < -0.39 is 0 Å². The first kappa shape index (κ1) is 11.8. The predicted molar refractivity (Wildman–Crippen MR) is 74.7 cm³/mol. The number of nitrogens with one attached hydrogen (secondary N) is 1. The molecule has 0 bridgehead atoms. The van der Waals surface area contributed by atoms with Gasteiger partial charge in [0.25, 0.3) is 0 Å². The van der Waals surface area contributed by atoms with Crippen molar-refractivity contribution in [1.29, 1.82) is 5.41 Å². The van der Waals surface area contributed by atoms with E-state index in [1.165, 1.54) is 17.2 Å². The summed E-state index contributed by atoms with van der Waals surface area (Å²) >= 11 is 5.46. The van der Waals surface area contributed by atoms with Gasteiger partial charge >= 0.3 is 0 Å². The summed E-state index contributed by atoms with van der Waals surface area (Å²) in [4.78, 5) is 2.37. The van der Waals surface area contributed by atoms with Crippen molar-refractivity contribution < 1.29 is 0 Å². The SMILES string of the molecule is N=C(N)c1ccc(N2CCSCC2)cc1Br. The number of thioether (sulfide) groups is 1. The monoisotopic (exact) mass is 299 g/mol. The Morgan fingerprint density at radius 3 is 2.62 bits per heavy atom. The van der Waals surface area contributed by atoms with E-state index in [0.29, 0.717) is 0 Å². The number of halogens is 1. The van der Waals surface area contributed by atoms with Crippen molar-refractivity contribution in [3.8, 4) is 0 Å². The number of rotatable bonds is 2. The van der Waals surface area contributed by atoms with Gasteiger partial charge in [0.05, 0.1) is 0 Å². The van der Waals surface area contributed by atoms with Gasteiger partial charge in [0, 0.05) is 40.3 Å². The molecule has 3 nitrogen and oxygen atoms in total. The van der Waals surface area contributed by atoms with E-state index in [1.54, 1.807) is 0 Å². The van der Waals surface area contributed by atoms with Crippen LogP contribution in [0.4, 0.5) is 5.69 Å². The van der Waals surface area contributed by atoms with E-state index in [1.807, 2.05) is 30.0 Å². The standard InChI is InChI=1S/C11H14BrN3S/c12-10-7-8(1-2-9(10)11(13)14)15-3-5-16-6-4-15/h1-2,7H,3-6H2,(H3,13,14). The molecule has 0 radical (unpaired) electrons. The molecule has 0 aromatic heterocycles. The fourth-order valence-electron chi connectivity index (χ4n) is 1.74. The van der Waals surface area contributed by atoms with Crippen LogP contribution in [0, 0.1) is 5.41 Å². The molecule has 2 rings (SSSR count). The van der Waals surface area contributed by atoms with E-state index in [-0.39, 0.29) is 5.84 Å². The van der Waals surface area contributed by atoms with Gasteiger partial charge in [0.1, 0.15) is 5.84 Å². The molecule has 0 aliphatic carbocycles. The fraction of sp³-hybridized carbons (Fsp3) is 0.364. The van der Waals surface area contributed by atoms with Gasteiger partial charge in [-0.15, -0.1) is 0 Å². The second-order valence-corrected chi connectivity index (χ2v) is 5.76. The van der Waals surface area contributed by atoms with Crippen LogP contribution in [0.5, 0.6) is 0 Å². The largest absolute Gasteiger partial charge is 0.384 e. The highest BCUT2D eigenvalue weighted by Crippen LogP contribution is 2.25. The zero-order valence-corrected chi connectivity index (χ0v) is 11.3. The number of nitrogen functional groups attached to an aromatic ring is 1. The maximum Gasteiger partial charge on any atom is 0.123 e. The van der Waals surface area contributed by atoms with Gasteiger partial charge in [-0.25, -0.2) is 0 Å². The first-order valence-corrected chi connectivity index (χ1v) is 7.10. The molecule has 5 heteroatoms. The summed E-state index contributed by atoms with van der Waals surface area (Å²) in [6.07, 6.45) is 0. The van der Waals surface area contributed by atoms with Gasteiger partial charge in [-0.05, 0) is 34.1 Å². The highest BCUT2D eigenvalue weighted by Gasteiger charge is 2.12. The number of amidine groups is 1. The summed E-state index contributed by atoms with van der Waals surface area (Å²) in [5.41, 5.74) is 7.44. The van der Waals surface area contributed by atoms with Gasteiger partial charge in [-0.1, -0.05) is 0 Å². The fourth-order valence-corrected chi connectivity index (χ4v) is 3.22. The van der Waals surface area contributed by atoms with Crippen LogP contribution in [0.15, 0.2) is 22.7 Å². The van der Waals surface area contributed by atoms with Crippen molar-refractivity contribution in [1.82, 2.24) is 0 Å². The number of hydrogen-bond acceptors (Lipinski definition) is 3. The van der Waals surface area contributed by atoms with Gasteiger partial charge in [-0.2, -0.15) is 11.8 Å². The Kier molecular flexibility index (Phi) is 3.76. The molecule has 1 heterocycles. The quantitative estimate of drug-likeness (QED) is 0.651. The maximum atomic E-state index is 7.42. The van der Waals surface area contributed by atoms with Crippen LogP contribution in [0.25, 0.3) is 0 Å². The molecule has 1 aromatic rings. The van der Waals surface area contributed by atoms with Crippen molar-refractivity contribution in [2.24, 2.45) is 5.73 Å². The van der Waals surface area contributed by atoms with E-state index in [9.17, 15) is 0 Å². The average Bonchev–Trinajstić information content (AvgIpc) is 2.29. The first-order valence-electron chi connectivity index (χ1n) is 5.15. The molecule has 16 heavy (non-hydrogen) atoms. The van der Waals surface area contributed by atoms with Gasteiger partial charge < -0.3 is 10.6 Å². The molecule has 1 aliphatic rings. The Labute approximate surface area is 108 Å².